The van der Waals surface area contributed by atoms with Gasteiger partial charge < -0.3 is 9.64 Å². The van der Waals surface area contributed by atoms with Crippen LogP contribution in [-0.2, 0) is 0 Å². The second-order valence-corrected chi connectivity index (χ2v) is 6.57. The molecule has 9 heteroatoms. The molecule has 3 aromatic rings. The molecule has 2 heterocycles. The van der Waals surface area contributed by atoms with E-state index in [9.17, 15) is 13.2 Å². The smallest absolute Gasteiger partial charge is 0.406 e. The zero-order valence-corrected chi connectivity index (χ0v) is 13.4. The van der Waals surface area contributed by atoms with Crippen molar-refractivity contribution in [3.63, 3.8) is 0 Å². The standard InChI is InChI=1S/C15H13F3N4OS/c1-21(10-5-6-10)14-20-22-12(8-19-13(22)24-14)9-3-2-4-11(7-9)23-15(16,17)18/h2-4,7-8,10H,5-6H2,1H3. The molecule has 0 N–H and O–H groups in total. The molecule has 1 saturated carbocycles. The molecule has 2 aromatic heterocycles. The van der Waals surface area contributed by atoms with Gasteiger partial charge in [0.25, 0.3) is 0 Å². The van der Waals surface area contributed by atoms with E-state index >= 15 is 0 Å². The lowest BCUT2D eigenvalue weighted by atomic mass is 10.1. The van der Waals surface area contributed by atoms with Gasteiger partial charge in [0.1, 0.15) is 5.75 Å². The SMILES string of the molecule is CN(c1nn2c(-c3cccc(OC(F)(F)F)c3)cnc2s1)C1CC1. The number of fused-ring (bicyclic) bond motifs is 1. The van der Waals surface area contributed by atoms with Crippen LogP contribution in [0, 0.1) is 0 Å². The molecule has 1 aliphatic rings. The van der Waals surface area contributed by atoms with Gasteiger partial charge in [0, 0.05) is 18.7 Å². The molecule has 0 atom stereocenters. The van der Waals surface area contributed by atoms with Crippen molar-refractivity contribution in [2.75, 3.05) is 11.9 Å². The van der Waals surface area contributed by atoms with Gasteiger partial charge in [-0.3, -0.25) is 0 Å². The van der Waals surface area contributed by atoms with Crippen LogP contribution in [-0.4, -0.2) is 34.0 Å². The lowest BCUT2D eigenvalue weighted by molar-refractivity contribution is -0.274. The molecular formula is C15H13F3N4OS. The van der Waals surface area contributed by atoms with E-state index in [1.807, 2.05) is 7.05 Å². The van der Waals surface area contributed by atoms with Crippen molar-refractivity contribution < 1.29 is 17.9 Å². The molecule has 126 valence electrons. The quantitative estimate of drug-likeness (QED) is 0.711. The highest BCUT2D eigenvalue weighted by molar-refractivity contribution is 7.20. The molecule has 24 heavy (non-hydrogen) atoms. The van der Waals surface area contributed by atoms with Gasteiger partial charge in [0.15, 0.2) is 0 Å². The highest BCUT2D eigenvalue weighted by Crippen LogP contribution is 2.34. The Hall–Kier alpha value is -2.29. The first-order chi connectivity index (χ1) is 11.4. The molecule has 0 saturated heterocycles. The first kappa shape index (κ1) is 15.3. The highest BCUT2D eigenvalue weighted by atomic mass is 32.1. The maximum atomic E-state index is 12.4. The number of imidazole rings is 1. The minimum atomic E-state index is -4.72. The molecule has 0 radical (unpaired) electrons. The Balaban J connectivity index is 1.69. The number of anilines is 1. The Bertz CT molecular complexity index is 884. The van der Waals surface area contributed by atoms with E-state index in [2.05, 4.69) is 19.7 Å². The van der Waals surface area contributed by atoms with Gasteiger partial charge in [-0.1, -0.05) is 23.5 Å². The second kappa shape index (κ2) is 5.37. The van der Waals surface area contributed by atoms with Crippen LogP contribution in [0.3, 0.4) is 0 Å². The number of halogens is 3. The van der Waals surface area contributed by atoms with E-state index in [0.29, 0.717) is 22.3 Å². The zero-order valence-electron chi connectivity index (χ0n) is 12.6. The van der Waals surface area contributed by atoms with Gasteiger partial charge in [-0.15, -0.1) is 18.3 Å². The van der Waals surface area contributed by atoms with Crippen molar-refractivity contribution >= 4 is 21.4 Å². The average molecular weight is 354 g/mol. The molecule has 1 aliphatic carbocycles. The Labute approximate surface area is 139 Å². The van der Waals surface area contributed by atoms with Crippen LogP contribution >= 0.6 is 11.3 Å². The number of hydrogen-bond acceptors (Lipinski definition) is 5. The van der Waals surface area contributed by atoms with E-state index in [1.54, 1.807) is 16.8 Å². The van der Waals surface area contributed by atoms with Crippen molar-refractivity contribution in [3.8, 4) is 17.0 Å². The highest BCUT2D eigenvalue weighted by Gasteiger charge is 2.31. The summed E-state index contributed by atoms with van der Waals surface area (Å²) in [5.41, 5.74) is 1.19. The molecule has 0 bridgehead atoms. The average Bonchev–Trinajstić information content (AvgIpc) is 3.14. The van der Waals surface area contributed by atoms with Crippen LogP contribution in [0.15, 0.2) is 30.5 Å². The van der Waals surface area contributed by atoms with Gasteiger partial charge in [-0.25, -0.2) is 9.50 Å². The Morgan fingerprint density at radius 3 is 2.83 bits per heavy atom. The third-order valence-electron chi connectivity index (χ3n) is 3.83. The van der Waals surface area contributed by atoms with E-state index in [1.165, 1.54) is 29.5 Å². The van der Waals surface area contributed by atoms with Gasteiger partial charge >= 0.3 is 6.36 Å². The van der Waals surface area contributed by atoms with Gasteiger partial charge in [0.2, 0.25) is 10.1 Å². The predicted molar refractivity (Wildman–Crippen MR) is 84.4 cm³/mol. The van der Waals surface area contributed by atoms with Crippen LogP contribution in [0.4, 0.5) is 18.3 Å². The topological polar surface area (TPSA) is 42.7 Å². The minimum absolute atomic E-state index is 0.263. The molecular weight excluding hydrogens is 341 g/mol. The van der Waals surface area contributed by atoms with E-state index in [-0.39, 0.29) is 5.75 Å². The fraction of sp³-hybridized carbons (Fsp3) is 0.333. The summed E-state index contributed by atoms with van der Waals surface area (Å²) in [5, 5.41) is 5.40. The van der Waals surface area contributed by atoms with E-state index in [4.69, 9.17) is 0 Å². The van der Waals surface area contributed by atoms with Crippen molar-refractivity contribution in [2.45, 2.75) is 25.2 Å². The first-order valence-electron chi connectivity index (χ1n) is 7.34. The second-order valence-electron chi connectivity index (χ2n) is 5.64. The number of rotatable bonds is 4. The van der Waals surface area contributed by atoms with Crippen molar-refractivity contribution in [1.82, 2.24) is 14.6 Å². The van der Waals surface area contributed by atoms with Gasteiger partial charge in [0.05, 0.1) is 11.9 Å². The Kier molecular flexibility index (Phi) is 3.41. The lowest BCUT2D eigenvalue weighted by Gasteiger charge is -2.12. The number of aromatic nitrogens is 3. The molecule has 5 nitrogen and oxygen atoms in total. The summed E-state index contributed by atoms with van der Waals surface area (Å²) in [6.45, 7) is 0. The van der Waals surface area contributed by atoms with Crippen LogP contribution in [0.5, 0.6) is 5.75 Å². The number of nitrogens with zero attached hydrogens (tertiary/aromatic N) is 4. The van der Waals surface area contributed by atoms with E-state index in [0.717, 1.165) is 18.0 Å². The maximum Gasteiger partial charge on any atom is 0.573 e. The summed E-state index contributed by atoms with van der Waals surface area (Å²) < 4.78 is 42.8. The van der Waals surface area contributed by atoms with Crippen molar-refractivity contribution in [2.24, 2.45) is 0 Å². The van der Waals surface area contributed by atoms with Gasteiger partial charge in [-0.2, -0.15) is 0 Å². The Morgan fingerprint density at radius 1 is 1.33 bits per heavy atom. The lowest BCUT2D eigenvalue weighted by Crippen LogP contribution is -2.19. The summed E-state index contributed by atoms with van der Waals surface area (Å²) in [6.07, 6.45) is -0.803. The van der Waals surface area contributed by atoms with Gasteiger partial charge in [-0.05, 0) is 25.0 Å². The summed E-state index contributed by atoms with van der Waals surface area (Å²) in [5.74, 6) is -0.263. The maximum absolute atomic E-state index is 12.4. The predicted octanol–water partition coefficient (Wildman–Crippen LogP) is 3.96. The van der Waals surface area contributed by atoms with Crippen LogP contribution in [0.2, 0.25) is 0 Å². The number of ether oxygens (including phenoxy) is 1. The molecule has 1 fully saturated rings. The van der Waals surface area contributed by atoms with Crippen molar-refractivity contribution in [3.05, 3.63) is 30.5 Å². The molecule has 0 amide bonds. The van der Waals surface area contributed by atoms with E-state index < -0.39 is 6.36 Å². The first-order valence-corrected chi connectivity index (χ1v) is 8.16. The third-order valence-corrected chi connectivity index (χ3v) is 4.85. The third kappa shape index (κ3) is 2.91. The number of hydrogen-bond donors (Lipinski definition) is 0. The Morgan fingerprint density at radius 2 is 2.12 bits per heavy atom. The molecule has 0 aliphatic heterocycles. The van der Waals surface area contributed by atoms with Crippen LogP contribution in [0.1, 0.15) is 12.8 Å². The normalized spacial score (nSPS) is 15.0. The zero-order chi connectivity index (χ0) is 16.9. The molecule has 0 unspecified atom stereocenters. The monoisotopic (exact) mass is 354 g/mol. The summed E-state index contributed by atoms with van der Waals surface area (Å²) in [7, 11) is 1.99. The molecule has 1 aromatic carbocycles. The largest absolute Gasteiger partial charge is 0.573 e. The fourth-order valence-corrected chi connectivity index (χ4v) is 3.40. The molecule has 4 rings (SSSR count). The summed E-state index contributed by atoms with van der Waals surface area (Å²) >= 11 is 1.46. The van der Waals surface area contributed by atoms with Crippen LogP contribution in [0.25, 0.3) is 16.2 Å². The van der Waals surface area contributed by atoms with Crippen LogP contribution < -0.4 is 9.64 Å². The summed E-state index contributed by atoms with van der Waals surface area (Å²) in [6, 6.07) is 6.34. The number of alkyl halides is 3. The number of benzene rings is 1. The van der Waals surface area contributed by atoms with Crippen molar-refractivity contribution in [1.29, 1.82) is 0 Å². The minimum Gasteiger partial charge on any atom is -0.406 e. The summed E-state index contributed by atoms with van der Waals surface area (Å²) in [4.78, 5) is 7.13. The fourth-order valence-electron chi connectivity index (χ4n) is 2.49. The molecule has 0 spiro atoms.